The van der Waals surface area contributed by atoms with E-state index in [1.807, 2.05) is 46.7 Å². The van der Waals surface area contributed by atoms with Crippen LogP contribution in [0.5, 0.6) is 5.75 Å². The van der Waals surface area contributed by atoms with Crippen LogP contribution in [0.3, 0.4) is 0 Å². The van der Waals surface area contributed by atoms with Gasteiger partial charge in [0.05, 0.1) is 25.7 Å². The first kappa shape index (κ1) is 22.0. The van der Waals surface area contributed by atoms with Gasteiger partial charge in [-0.3, -0.25) is 4.79 Å². The SMILES string of the molecule is COc1ccc2cc(CN(Cc3cccs3)C(=S)Nc3ccc(C)cc3C)c(=O)[nH]c2c1. The van der Waals surface area contributed by atoms with Gasteiger partial charge in [0, 0.05) is 22.2 Å². The number of aryl methyl sites for hydroxylation is 2. The number of aromatic amines is 1. The molecule has 0 spiro atoms. The van der Waals surface area contributed by atoms with E-state index in [1.54, 1.807) is 18.4 Å². The number of nitrogens with one attached hydrogen (secondary N) is 2. The minimum Gasteiger partial charge on any atom is -0.497 e. The summed E-state index contributed by atoms with van der Waals surface area (Å²) in [6.07, 6.45) is 0. The van der Waals surface area contributed by atoms with Crippen molar-refractivity contribution in [3.05, 3.63) is 91.9 Å². The number of aromatic nitrogens is 1. The van der Waals surface area contributed by atoms with E-state index in [2.05, 4.69) is 42.3 Å². The number of H-pyrrole nitrogens is 1. The third-order valence-corrected chi connectivity index (χ3v) is 6.55. The molecule has 0 bridgehead atoms. The fourth-order valence-corrected chi connectivity index (χ4v) is 4.57. The average Bonchev–Trinajstić information content (AvgIpc) is 3.28. The molecule has 0 radical (unpaired) electrons. The summed E-state index contributed by atoms with van der Waals surface area (Å²) in [6, 6.07) is 17.9. The lowest BCUT2D eigenvalue weighted by atomic mass is 10.1. The number of fused-ring (bicyclic) bond motifs is 1. The Kier molecular flexibility index (Phi) is 6.58. The summed E-state index contributed by atoms with van der Waals surface area (Å²) in [5.74, 6) is 0.707. The zero-order valence-electron chi connectivity index (χ0n) is 18.3. The number of hydrogen-bond acceptors (Lipinski definition) is 4. The fourth-order valence-electron chi connectivity index (χ4n) is 3.61. The molecule has 0 amide bonds. The Morgan fingerprint density at radius 3 is 2.69 bits per heavy atom. The van der Waals surface area contributed by atoms with Gasteiger partial charge in [-0.2, -0.15) is 0 Å². The Hall–Kier alpha value is -3.16. The molecule has 0 aliphatic carbocycles. The van der Waals surface area contributed by atoms with Crippen LogP contribution in [-0.2, 0) is 13.1 Å². The highest BCUT2D eigenvalue weighted by Crippen LogP contribution is 2.21. The summed E-state index contributed by atoms with van der Waals surface area (Å²) < 4.78 is 5.27. The predicted molar refractivity (Wildman–Crippen MR) is 137 cm³/mol. The Morgan fingerprint density at radius 1 is 1.12 bits per heavy atom. The molecule has 0 saturated heterocycles. The van der Waals surface area contributed by atoms with Crippen LogP contribution in [0.4, 0.5) is 5.69 Å². The summed E-state index contributed by atoms with van der Waals surface area (Å²) in [6.45, 7) is 5.14. The third kappa shape index (κ3) is 5.00. The molecule has 0 fully saturated rings. The minimum absolute atomic E-state index is 0.128. The number of methoxy groups -OCH3 is 1. The van der Waals surface area contributed by atoms with E-state index in [-0.39, 0.29) is 5.56 Å². The first-order valence-electron chi connectivity index (χ1n) is 10.3. The second-order valence-electron chi connectivity index (χ2n) is 7.76. The van der Waals surface area contributed by atoms with Gasteiger partial charge in [-0.15, -0.1) is 11.3 Å². The van der Waals surface area contributed by atoms with Crippen molar-refractivity contribution in [1.29, 1.82) is 0 Å². The van der Waals surface area contributed by atoms with Crippen LogP contribution in [0.25, 0.3) is 10.9 Å². The van der Waals surface area contributed by atoms with E-state index >= 15 is 0 Å². The number of ether oxygens (including phenoxy) is 1. The van der Waals surface area contributed by atoms with E-state index in [4.69, 9.17) is 17.0 Å². The lowest BCUT2D eigenvalue weighted by Crippen LogP contribution is -2.35. The highest BCUT2D eigenvalue weighted by atomic mass is 32.1. The van der Waals surface area contributed by atoms with E-state index in [9.17, 15) is 4.79 Å². The topological polar surface area (TPSA) is 57.4 Å². The number of hydrogen-bond donors (Lipinski definition) is 2. The molecule has 4 aromatic rings. The van der Waals surface area contributed by atoms with E-state index in [0.717, 1.165) is 22.2 Å². The lowest BCUT2D eigenvalue weighted by molar-refractivity contribution is 0.414. The van der Waals surface area contributed by atoms with Gasteiger partial charge in [0.25, 0.3) is 5.56 Å². The Balaban J connectivity index is 1.63. The van der Waals surface area contributed by atoms with E-state index < -0.39 is 0 Å². The molecule has 7 heteroatoms. The van der Waals surface area contributed by atoms with Crippen molar-refractivity contribution in [2.75, 3.05) is 12.4 Å². The standard InChI is InChI=1S/C25H25N3O2S2/c1-16-6-9-22(17(2)11-16)27-25(31)28(15-21-5-4-10-32-21)14-19-12-18-7-8-20(30-3)13-23(18)26-24(19)29/h4-13H,14-15H2,1-3H3,(H,26,29)(H,27,31). The molecule has 2 aromatic carbocycles. The van der Waals surface area contributed by atoms with Crippen LogP contribution in [0, 0.1) is 13.8 Å². The highest BCUT2D eigenvalue weighted by molar-refractivity contribution is 7.80. The molecule has 32 heavy (non-hydrogen) atoms. The van der Waals surface area contributed by atoms with E-state index in [1.165, 1.54) is 10.4 Å². The second-order valence-corrected chi connectivity index (χ2v) is 9.18. The van der Waals surface area contributed by atoms with Crippen LogP contribution in [0.1, 0.15) is 21.6 Å². The zero-order valence-corrected chi connectivity index (χ0v) is 19.9. The van der Waals surface area contributed by atoms with Gasteiger partial charge < -0.3 is 19.9 Å². The molecular formula is C25H25N3O2S2. The van der Waals surface area contributed by atoms with Gasteiger partial charge in [0.1, 0.15) is 5.75 Å². The smallest absolute Gasteiger partial charge is 0.253 e. The van der Waals surface area contributed by atoms with Gasteiger partial charge in [-0.05, 0) is 72.7 Å². The minimum atomic E-state index is -0.128. The maximum absolute atomic E-state index is 12.9. The number of rotatable bonds is 6. The van der Waals surface area contributed by atoms with Crippen LogP contribution >= 0.6 is 23.6 Å². The Labute approximate surface area is 196 Å². The van der Waals surface area contributed by atoms with Crippen LogP contribution in [0.15, 0.2) is 64.8 Å². The first-order valence-corrected chi connectivity index (χ1v) is 11.6. The van der Waals surface area contributed by atoms with Gasteiger partial charge >= 0.3 is 0 Å². The van der Waals surface area contributed by atoms with Crippen LogP contribution in [0.2, 0.25) is 0 Å². The van der Waals surface area contributed by atoms with Gasteiger partial charge in [-0.1, -0.05) is 23.8 Å². The van der Waals surface area contributed by atoms with Gasteiger partial charge in [0.2, 0.25) is 0 Å². The van der Waals surface area contributed by atoms with Crippen molar-refractivity contribution >= 4 is 45.3 Å². The first-order chi connectivity index (χ1) is 15.4. The maximum Gasteiger partial charge on any atom is 0.253 e. The van der Waals surface area contributed by atoms with Crippen molar-refractivity contribution in [3.63, 3.8) is 0 Å². The predicted octanol–water partition coefficient (Wildman–Crippen LogP) is 5.61. The number of thiophene rings is 1. The summed E-state index contributed by atoms with van der Waals surface area (Å²) in [5.41, 5.74) is 4.57. The molecule has 164 valence electrons. The van der Waals surface area contributed by atoms with Gasteiger partial charge in [-0.25, -0.2) is 0 Å². The number of anilines is 1. The molecule has 2 aromatic heterocycles. The number of benzene rings is 2. The molecule has 0 saturated carbocycles. The molecule has 2 heterocycles. The van der Waals surface area contributed by atoms with Gasteiger partial charge in [0.15, 0.2) is 5.11 Å². The molecule has 2 N–H and O–H groups in total. The van der Waals surface area contributed by atoms with Crippen molar-refractivity contribution in [2.24, 2.45) is 0 Å². The summed E-state index contributed by atoms with van der Waals surface area (Å²) in [7, 11) is 1.61. The third-order valence-electron chi connectivity index (χ3n) is 5.33. The molecular weight excluding hydrogens is 438 g/mol. The monoisotopic (exact) mass is 463 g/mol. The lowest BCUT2D eigenvalue weighted by Gasteiger charge is -2.26. The number of pyridine rings is 1. The van der Waals surface area contributed by atoms with Crippen molar-refractivity contribution in [2.45, 2.75) is 26.9 Å². The number of thiocarbonyl (C=S) groups is 1. The highest BCUT2D eigenvalue weighted by Gasteiger charge is 2.16. The zero-order chi connectivity index (χ0) is 22.7. The second kappa shape index (κ2) is 9.54. The Bertz CT molecular complexity index is 1310. The summed E-state index contributed by atoms with van der Waals surface area (Å²) in [5, 5.41) is 6.95. The Morgan fingerprint density at radius 2 is 1.97 bits per heavy atom. The quantitative estimate of drug-likeness (QED) is 0.364. The summed E-state index contributed by atoms with van der Waals surface area (Å²) >= 11 is 7.46. The molecule has 0 aliphatic heterocycles. The summed E-state index contributed by atoms with van der Waals surface area (Å²) in [4.78, 5) is 19.0. The van der Waals surface area contributed by atoms with E-state index in [0.29, 0.717) is 29.5 Å². The van der Waals surface area contributed by atoms with Crippen molar-refractivity contribution in [3.8, 4) is 5.75 Å². The maximum atomic E-state index is 12.9. The van der Waals surface area contributed by atoms with Crippen LogP contribution < -0.4 is 15.6 Å². The number of nitrogens with zero attached hydrogens (tertiary/aromatic N) is 1. The average molecular weight is 464 g/mol. The normalized spacial score (nSPS) is 10.8. The molecule has 4 rings (SSSR count). The van der Waals surface area contributed by atoms with Crippen LogP contribution in [-0.4, -0.2) is 22.1 Å². The van der Waals surface area contributed by atoms with Crippen molar-refractivity contribution in [1.82, 2.24) is 9.88 Å². The van der Waals surface area contributed by atoms with Crippen molar-refractivity contribution < 1.29 is 4.74 Å². The molecule has 5 nitrogen and oxygen atoms in total. The molecule has 0 atom stereocenters. The molecule has 0 aliphatic rings. The largest absolute Gasteiger partial charge is 0.497 e. The fraction of sp³-hybridized carbons (Fsp3) is 0.200. The molecule has 0 unspecified atom stereocenters.